The molecule has 0 amide bonds. The third kappa shape index (κ3) is 4.16. The van der Waals surface area contributed by atoms with Gasteiger partial charge in [0, 0.05) is 23.3 Å². The van der Waals surface area contributed by atoms with E-state index < -0.39 is 11.0 Å². The van der Waals surface area contributed by atoms with Gasteiger partial charge in [-0.1, -0.05) is 29.4 Å². The van der Waals surface area contributed by atoms with E-state index in [0.29, 0.717) is 12.0 Å². The first-order valence-electron chi connectivity index (χ1n) is 11.4. The molecule has 1 aliphatic rings. The van der Waals surface area contributed by atoms with E-state index >= 15 is 0 Å². The van der Waals surface area contributed by atoms with Crippen LogP contribution in [0.1, 0.15) is 58.6 Å². The van der Waals surface area contributed by atoms with Gasteiger partial charge >= 0.3 is 0 Å². The highest BCUT2D eigenvalue weighted by atomic mass is 16.5. The molecule has 4 rings (SSSR count). The van der Waals surface area contributed by atoms with Crippen LogP contribution in [0.5, 0.6) is 23.0 Å². The van der Waals surface area contributed by atoms with Gasteiger partial charge in [-0.05, 0) is 60.0 Å². The van der Waals surface area contributed by atoms with Gasteiger partial charge in [0.25, 0.3) is 0 Å². The Bertz CT molecular complexity index is 1450. The molecule has 1 atom stereocenters. The number of phenolic OH excluding ortho intramolecular Hbond substituents is 3. The SMILES string of the molecule is CC(C)=CCC[C@@]1(C)C=Cc2c(c(O)cc3oc4cc(O)c(CC=C(C)C)c(O)c4c(=O)c23)O1. The Labute approximate surface area is 198 Å². The smallest absolute Gasteiger partial charge is 0.205 e. The third-order valence-corrected chi connectivity index (χ3v) is 6.13. The summed E-state index contributed by atoms with van der Waals surface area (Å²) in [6.45, 7) is 9.83. The van der Waals surface area contributed by atoms with E-state index in [1.54, 1.807) is 6.08 Å². The Hall–Kier alpha value is -3.67. The minimum Gasteiger partial charge on any atom is -0.507 e. The summed E-state index contributed by atoms with van der Waals surface area (Å²) in [6.07, 6.45) is 9.42. The van der Waals surface area contributed by atoms with E-state index in [1.807, 2.05) is 46.8 Å². The maximum atomic E-state index is 13.6. The number of benzene rings is 2. The first-order valence-corrected chi connectivity index (χ1v) is 11.4. The summed E-state index contributed by atoms with van der Waals surface area (Å²) < 4.78 is 12.1. The summed E-state index contributed by atoms with van der Waals surface area (Å²) >= 11 is 0. The number of allylic oxidation sites excluding steroid dienone is 4. The zero-order chi connectivity index (χ0) is 24.8. The van der Waals surface area contributed by atoms with Crippen LogP contribution in [-0.2, 0) is 6.42 Å². The van der Waals surface area contributed by atoms with E-state index in [9.17, 15) is 20.1 Å². The fourth-order valence-electron chi connectivity index (χ4n) is 4.26. The first kappa shape index (κ1) is 23.5. The lowest BCUT2D eigenvalue weighted by molar-refractivity contribution is 0.124. The van der Waals surface area contributed by atoms with Crippen molar-refractivity contribution in [2.24, 2.45) is 0 Å². The largest absolute Gasteiger partial charge is 0.507 e. The fraction of sp³-hybridized carbons (Fsp3) is 0.321. The molecule has 0 aliphatic carbocycles. The van der Waals surface area contributed by atoms with Gasteiger partial charge in [-0.25, -0.2) is 0 Å². The van der Waals surface area contributed by atoms with Crippen molar-refractivity contribution >= 4 is 28.0 Å². The molecule has 2 aromatic carbocycles. The van der Waals surface area contributed by atoms with E-state index in [0.717, 1.165) is 12.0 Å². The van der Waals surface area contributed by atoms with Crippen molar-refractivity contribution in [3.63, 3.8) is 0 Å². The number of rotatable bonds is 5. The minimum absolute atomic E-state index is 0.0133. The Kier molecular flexibility index (Phi) is 5.94. The number of phenols is 3. The van der Waals surface area contributed by atoms with E-state index in [4.69, 9.17) is 9.15 Å². The average Bonchev–Trinajstić information content (AvgIpc) is 2.73. The van der Waals surface area contributed by atoms with Crippen LogP contribution < -0.4 is 10.2 Å². The van der Waals surface area contributed by atoms with Crippen LogP contribution in [0.15, 0.2) is 50.7 Å². The van der Waals surface area contributed by atoms with E-state index in [2.05, 4.69) is 6.08 Å². The highest BCUT2D eigenvalue weighted by Gasteiger charge is 2.31. The average molecular weight is 463 g/mol. The molecule has 6 heteroatoms. The fourth-order valence-corrected chi connectivity index (χ4v) is 4.26. The molecular weight excluding hydrogens is 432 g/mol. The minimum atomic E-state index is -0.646. The molecule has 0 saturated carbocycles. The quantitative estimate of drug-likeness (QED) is 0.296. The lowest BCUT2D eigenvalue weighted by atomic mass is 9.92. The van der Waals surface area contributed by atoms with Crippen LogP contribution in [0, 0.1) is 0 Å². The molecule has 178 valence electrons. The van der Waals surface area contributed by atoms with Crippen molar-refractivity contribution in [2.45, 2.75) is 59.5 Å². The normalized spacial score (nSPS) is 16.9. The van der Waals surface area contributed by atoms with Crippen molar-refractivity contribution in [1.82, 2.24) is 0 Å². The molecule has 0 fully saturated rings. The molecule has 0 saturated heterocycles. The Balaban J connectivity index is 1.91. The van der Waals surface area contributed by atoms with Gasteiger partial charge in [-0.2, -0.15) is 0 Å². The van der Waals surface area contributed by atoms with Gasteiger partial charge in [0.2, 0.25) is 5.43 Å². The summed E-state index contributed by atoms with van der Waals surface area (Å²) in [6, 6.07) is 2.67. The van der Waals surface area contributed by atoms with Crippen LogP contribution in [0.3, 0.4) is 0 Å². The maximum Gasteiger partial charge on any atom is 0.205 e. The van der Waals surface area contributed by atoms with Crippen molar-refractivity contribution in [3.05, 3.63) is 62.9 Å². The van der Waals surface area contributed by atoms with Gasteiger partial charge in [0.1, 0.15) is 33.7 Å². The molecule has 2 heterocycles. The molecule has 1 aromatic heterocycles. The van der Waals surface area contributed by atoms with Crippen LogP contribution >= 0.6 is 0 Å². The van der Waals surface area contributed by atoms with Crippen LogP contribution in [0.2, 0.25) is 0 Å². The lowest BCUT2D eigenvalue weighted by Gasteiger charge is -2.32. The third-order valence-electron chi connectivity index (χ3n) is 6.13. The summed E-state index contributed by atoms with van der Waals surface area (Å²) in [5.74, 6) is -0.402. The van der Waals surface area contributed by atoms with Crippen LogP contribution in [-0.4, -0.2) is 20.9 Å². The van der Waals surface area contributed by atoms with Crippen LogP contribution in [0.4, 0.5) is 0 Å². The number of hydrogen-bond acceptors (Lipinski definition) is 6. The van der Waals surface area contributed by atoms with Gasteiger partial charge in [0.05, 0.1) is 5.39 Å². The summed E-state index contributed by atoms with van der Waals surface area (Å²) in [5, 5.41) is 32.2. The predicted molar refractivity (Wildman–Crippen MR) is 135 cm³/mol. The summed E-state index contributed by atoms with van der Waals surface area (Å²) in [5.41, 5.74) is 1.99. The van der Waals surface area contributed by atoms with Crippen molar-refractivity contribution < 1.29 is 24.5 Å². The Morgan fingerprint density at radius 3 is 2.29 bits per heavy atom. The molecular formula is C28H30O6. The molecule has 34 heavy (non-hydrogen) atoms. The zero-order valence-corrected chi connectivity index (χ0v) is 20.2. The monoisotopic (exact) mass is 462 g/mol. The summed E-state index contributed by atoms with van der Waals surface area (Å²) in [4.78, 5) is 13.6. The van der Waals surface area contributed by atoms with Crippen molar-refractivity contribution in [1.29, 1.82) is 0 Å². The van der Waals surface area contributed by atoms with Gasteiger partial charge in [-0.3, -0.25) is 4.79 Å². The van der Waals surface area contributed by atoms with Gasteiger partial charge in [-0.15, -0.1) is 0 Å². The van der Waals surface area contributed by atoms with Gasteiger partial charge in [0.15, 0.2) is 11.5 Å². The van der Waals surface area contributed by atoms with E-state index in [-0.39, 0.29) is 56.9 Å². The number of fused-ring (bicyclic) bond motifs is 4. The number of hydrogen-bond donors (Lipinski definition) is 3. The molecule has 0 unspecified atom stereocenters. The standard InChI is InChI=1S/C28H30O6/c1-15(2)7-6-11-28(5)12-10-18-23-21(14-20(30)27(18)34-28)33-22-13-19(29)17(9-8-16(3)4)25(31)24(22)26(23)32/h7-8,10,12-14,29-31H,6,9,11H2,1-5H3/t28-/m0/s1. The lowest BCUT2D eigenvalue weighted by Crippen LogP contribution is -2.32. The second kappa shape index (κ2) is 8.60. The molecule has 0 radical (unpaired) electrons. The highest BCUT2D eigenvalue weighted by Crippen LogP contribution is 2.44. The molecule has 1 aliphatic heterocycles. The van der Waals surface area contributed by atoms with Crippen molar-refractivity contribution in [2.75, 3.05) is 0 Å². The zero-order valence-electron chi connectivity index (χ0n) is 20.2. The molecule has 3 aromatic rings. The second-order valence-corrected chi connectivity index (χ2v) is 9.59. The van der Waals surface area contributed by atoms with E-state index in [1.165, 1.54) is 17.7 Å². The molecule has 3 N–H and O–H groups in total. The van der Waals surface area contributed by atoms with Crippen LogP contribution in [0.25, 0.3) is 28.0 Å². The van der Waals surface area contributed by atoms with Crippen molar-refractivity contribution in [3.8, 4) is 23.0 Å². The Morgan fingerprint density at radius 2 is 1.62 bits per heavy atom. The Morgan fingerprint density at radius 1 is 0.971 bits per heavy atom. The first-order chi connectivity index (χ1) is 16.0. The molecule has 6 nitrogen and oxygen atoms in total. The predicted octanol–water partition coefficient (Wildman–Crippen LogP) is 6.48. The maximum absolute atomic E-state index is 13.6. The molecule has 0 spiro atoms. The van der Waals surface area contributed by atoms with Gasteiger partial charge < -0.3 is 24.5 Å². The number of aromatic hydroxyl groups is 3. The topological polar surface area (TPSA) is 100 Å². The molecule has 0 bridgehead atoms. The summed E-state index contributed by atoms with van der Waals surface area (Å²) in [7, 11) is 0. The second-order valence-electron chi connectivity index (χ2n) is 9.59. The highest BCUT2D eigenvalue weighted by molar-refractivity contribution is 6.00. The number of ether oxygens (including phenoxy) is 1.